The number of hydrogen-bond acceptors (Lipinski definition) is 4. The van der Waals surface area contributed by atoms with Crippen LogP contribution in [0, 0.1) is 0 Å². The van der Waals surface area contributed by atoms with E-state index in [0.717, 1.165) is 0 Å². The first-order chi connectivity index (χ1) is 9.06. The summed E-state index contributed by atoms with van der Waals surface area (Å²) in [6.45, 7) is 1.46. The second-order valence-electron chi connectivity index (χ2n) is 4.02. The minimum Gasteiger partial charge on any atom is -0.506 e. The summed E-state index contributed by atoms with van der Waals surface area (Å²) < 4.78 is 0. The molecule has 96 valence electrons. The minimum absolute atomic E-state index is 0.0740. The number of carbonyl (C=O) groups excluding carboxylic acids is 2. The van der Waals surface area contributed by atoms with Crippen molar-refractivity contribution in [2.75, 3.05) is 5.32 Å². The predicted octanol–water partition coefficient (Wildman–Crippen LogP) is 2.24. The highest BCUT2D eigenvalue weighted by Gasteiger charge is 2.08. The fraction of sp³-hybridized carbons (Fsp3) is 0.0714. The standard InChI is InChI=1S/C14H12N2O3/c1-9(17)10-3-2-4-12(5-10)16-14(19)11-6-13(18)8-15-7-11/h2-8,18H,1H3,(H,16,19). The molecule has 0 aliphatic heterocycles. The van der Waals surface area contributed by atoms with Gasteiger partial charge >= 0.3 is 0 Å². The van der Waals surface area contributed by atoms with Gasteiger partial charge in [-0.15, -0.1) is 0 Å². The van der Waals surface area contributed by atoms with Crippen molar-refractivity contribution in [3.63, 3.8) is 0 Å². The minimum atomic E-state index is -0.399. The van der Waals surface area contributed by atoms with Crippen molar-refractivity contribution in [2.45, 2.75) is 6.92 Å². The lowest BCUT2D eigenvalue weighted by molar-refractivity contribution is 0.101. The molecule has 0 unspecified atom stereocenters. The van der Waals surface area contributed by atoms with Gasteiger partial charge in [-0.1, -0.05) is 12.1 Å². The van der Waals surface area contributed by atoms with Gasteiger partial charge in [-0.05, 0) is 25.1 Å². The quantitative estimate of drug-likeness (QED) is 0.825. The van der Waals surface area contributed by atoms with Gasteiger partial charge in [0.15, 0.2) is 5.78 Å². The average Bonchev–Trinajstić information content (AvgIpc) is 2.39. The Morgan fingerprint density at radius 2 is 1.95 bits per heavy atom. The Morgan fingerprint density at radius 3 is 2.63 bits per heavy atom. The molecule has 1 amide bonds. The summed E-state index contributed by atoms with van der Waals surface area (Å²) in [4.78, 5) is 26.9. The Balaban J connectivity index is 2.19. The molecule has 0 fully saturated rings. The van der Waals surface area contributed by atoms with Crippen LogP contribution in [0.5, 0.6) is 5.75 Å². The van der Waals surface area contributed by atoms with Gasteiger partial charge in [-0.2, -0.15) is 0 Å². The fourth-order valence-electron chi connectivity index (χ4n) is 1.57. The van der Waals surface area contributed by atoms with Gasteiger partial charge in [-0.3, -0.25) is 14.6 Å². The SMILES string of the molecule is CC(=O)c1cccc(NC(=O)c2cncc(O)c2)c1. The number of anilines is 1. The molecule has 0 aliphatic rings. The molecule has 1 aromatic heterocycles. The van der Waals surface area contributed by atoms with Gasteiger partial charge in [0, 0.05) is 17.4 Å². The van der Waals surface area contributed by atoms with E-state index < -0.39 is 5.91 Å². The maximum Gasteiger partial charge on any atom is 0.257 e. The molecular formula is C14H12N2O3. The van der Waals surface area contributed by atoms with Crippen molar-refractivity contribution in [3.8, 4) is 5.75 Å². The number of aromatic hydroxyl groups is 1. The smallest absolute Gasteiger partial charge is 0.257 e. The number of carbonyl (C=O) groups is 2. The lowest BCUT2D eigenvalue weighted by Gasteiger charge is -2.06. The molecule has 5 nitrogen and oxygen atoms in total. The molecule has 1 aromatic carbocycles. The number of nitrogens with zero attached hydrogens (tertiary/aromatic N) is 1. The van der Waals surface area contributed by atoms with Gasteiger partial charge in [-0.25, -0.2) is 0 Å². The van der Waals surface area contributed by atoms with Gasteiger partial charge in [0.2, 0.25) is 0 Å². The Hall–Kier alpha value is -2.69. The predicted molar refractivity (Wildman–Crippen MR) is 70.3 cm³/mol. The molecule has 0 saturated heterocycles. The molecule has 0 saturated carbocycles. The highest BCUT2D eigenvalue weighted by Crippen LogP contribution is 2.14. The van der Waals surface area contributed by atoms with Crippen LogP contribution in [0.15, 0.2) is 42.7 Å². The molecule has 0 bridgehead atoms. The van der Waals surface area contributed by atoms with E-state index in [2.05, 4.69) is 10.3 Å². The van der Waals surface area contributed by atoms with E-state index in [9.17, 15) is 14.7 Å². The number of Topliss-reactive ketones (excluding diaryl/α,β-unsaturated/α-hetero) is 1. The van der Waals surface area contributed by atoms with E-state index in [-0.39, 0.29) is 17.1 Å². The first-order valence-electron chi connectivity index (χ1n) is 5.62. The highest BCUT2D eigenvalue weighted by molar-refractivity contribution is 6.05. The van der Waals surface area contributed by atoms with Crippen molar-refractivity contribution in [1.29, 1.82) is 0 Å². The average molecular weight is 256 g/mol. The number of ketones is 1. The van der Waals surface area contributed by atoms with Crippen LogP contribution >= 0.6 is 0 Å². The maximum atomic E-state index is 11.9. The Kier molecular flexibility index (Phi) is 3.56. The largest absolute Gasteiger partial charge is 0.506 e. The topological polar surface area (TPSA) is 79.3 Å². The van der Waals surface area contributed by atoms with E-state index in [1.54, 1.807) is 24.3 Å². The van der Waals surface area contributed by atoms with Crippen molar-refractivity contribution < 1.29 is 14.7 Å². The van der Waals surface area contributed by atoms with Gasteiger partial charge in [0.05, 0.1) is 11.8 Å². The summed E-state index contributed by atoms with van der Waals surface area (Å²) in [6.07, 6.45) is 2.59. The van der Waals surface area contributed by atoms with Crippen LogP contribution in [-0.2, 0) is 0 Å². The summed E-state index contributed by atoms with van der Waals surface area (Å²) in [5.74, 6) is -0.552. The molecule has 2 aromatic rings. The highest BCUT2D eigenvalue weighted by atomic mass is 16.3. The fourth-order valence-corrected chi connectivity index (χ4v) is 1.57. The van der Waals surface area contributed by atoms with Crippen molar-refractivity contribution in [2.24, 2.45) is 0 Å². The first kappa shape index (κ1) is 12.8. The first-order valence-corrected chi connectivity index (χ1v) is 5.62. The molecule has 5 heteroatoms. The molecule has 1 heterocycles. The van der Waals surface area contributed by atoms with Crippen LogP contribution in [0.25, 0.3) is 0 Å². The second-order valence-corrected chi connectivity index (χ2v) is 4.02. The molecule has 0 spiro atoms. The molecule has 0 atom stereocenters. The summed E-state index contributed by atoms with van der Waals surface area (Å²) in [5.41, 5.74) is 1.28. The van der Waals surface area contributed by atoms with Gasteiger partial charge < -0.3 is 10.4 Å². The molecule has 19 heavy (non-hydrogen) atoms. The third-order valence-electron chi connectivity index (χ3n) is 2.51. The number of amides is 1. The number of rotatable bonds is 3. The lowest BCUT2D eigenvalue weighted by atomic mass is 10.1. The molecule has 0 radical (unpaired) electrons. The monoisotopic (exact) mass is 256 g/mol. The van der Waals surface area contributed by atoms with Crippen LogP contribution in [0.4, 0.5) is 5.69 Å². The molecule has 2 N–H and O–H groups in total. The summed E-state index contributed by atoms with van der Waals surface area (Å²) in [5, 5.41) is 11.9. The van der Waals surface area contributed by atoms with Crippen molar-refractivity contribution >= 4 is 17.4 Å². The van der Waals surface area contributed by atoms with Gasteiger partial charge in [0.25, 0.3) is 5.91 Å². The number of pyridine rings is 1. The molecule has 2 rings (SSSR count). The molecular weight excluding hydrogens is 244 g/mol. The Labute approximate surface area is 109 Å². The number of hydrogen-bond donors (Lipinski definition) is 2. The summed E-state index contributed by atoms with van der Waals surface area (Å²) in [7, 11) is 0. The maximum absolute atomic E-state index is 11.9. The zero-order valence-electron chi connectivity index (χ0n) is 10.3. The van der Waals surface area contributed by atoms with Gasteiger partial charge in [0.1, 0.15) is 5.75 Å². The normalized spacial score (nSPS) is 9.95. The third-order valence-corrected chi connectivity index (χ3v) is 2.51. The number of aromatic nitrogens is 1. The van der Waals surface area contributed by atoms with Crippen LogP contribution in [-0.4, -0.2) is 21.8 Å². The zero-order valence-corrected chi connectivity index (χ0v) is 10.3. The van der Waals surface area contributed by atoms with Crippen LogP contribution < -0.4 is 5.32 Å². The van der Waals surface area contributed by atoms with Crippen molar-refractivity contribution in [1.82, 2.24) is 4.98 Å². The van der Waals surface area contributed by atoms with E-state index in [1.807, 2.05) is 0 Å². The molecule has 0 aliphatic carbocycles. The van der Waals surface area contributed by atoms with E-state index in [1.165, 1.54) is 25.4 Å². The summed E-state index contributed by atoms with van der Waals surface area (Å²) >= 11 is 0. The summed E-state index contributed by atoms with van der Waals surface area (Å²) in [6, 6.07) is 7.95. The van der Waals surface area contributed by atoms with E-state index in [4.69, 9.17) is 0 Å². The van der Waals surface area contributed by atoms with E-state index >= 15 is 0 Å². The third kappa shape index (κ3) is 3.16. The second kappa shape index (κ2) is 5.30. The lowest BCUT2D eigenvalue weighted by Crippen LogP contribution is -2.12. The van der Waals surface area contributed by atoms with Crippen LogP contribution in [0.2, 0.25) is 0 Å². The van der Waals surface area contributed by atoms with Crippen molar-refractivity contribution in [3.05, 3.63) is 53.9 Å². The number of nitrogens with one attached hydrogen (secondary N) is 1. The van der Waals surface area contributed by atoms with Crippen LogP contribution in [0.1, 0.15) is 27.6 Å². The van der Waals surface area contributed by atoms with E-state index in [0.29, 0.717) is 11.3 Å². The Bertz CT molecular complexity index is 638. The zero-order chi connectivity index (χ0) is 13.8. The Morgan fingerprint density at radius 1 is 1.16 bits per heavy atom. The van der Waals surface area contributed by atoms with Crippen LogP contribution in [0.3, 0.4) is 0 Å². The number of benzene rings is 1.